The van der Waals surface area contributed by atoms with Gasteiger partial charge in [-0.2, -0.15) is 5.26 Å². The zero-order valence-corrected chi connectivity index (χ0v) is 15.4. The first kappa shape index (κ1) is 18.2. The van der Waals surface area contributed by atoms with E-state index in [1.54, 1.807) is 6.08 Å². The van der Waals surface area contributed by atoms with Crippen LogP contribution < -0.4 is 5.32 Å². The van der Waals surface area contributed by atoms with Gasteiger partial charge in [-0.25, -0.2) is 0 Å². The van der Waals surface area contributed by atoms with Crippen LogP contribution in [0.1, 0.15) is 16.7 Å². The minimum Gasteiger partial charge on any atom is -0.321 e. The van der Waals surface area contributed by atoms with E-state index in [1.807, 2.05) is 92.7 Å². The lowest BCUT2D eigenvalue weighted by atomic mass is 10.0. The van der Waals surface area contributed by atoms with Crippen molar-refractivity contribution in [3.63, 3.8) is 0 Å². The van der Waals surface area contributed by atoms with Gasteiger partial charge >= 0.3 is 0 Å². The molecule has 0 bridgehead atoms. The van der Waals surface area contributed by atoms with Crippen molar-refractivity contribution in [2.45, 2.75) is 13.8 Å². The summed E-state index contributed by atoms with van der Waals surface area (Å²) in [6, 6.07) is 25.7. The lowest BCUT2D eigenvalue weighted by Crippen LogP contribution is -2.15. The van der Waals surface area contributed by atoms with Crippen molar-refractivity contribution >= 4 is 17.7 Å². The average molecular weight is 352 g/mol. The smallest absolute Gasteiger partial charge is 0.266 e. The van der Waals surface area contributed by atoms with Gasteiger partial charge < -0.3 is 5.32 Å². The number of nitrogens with one attached hydrogen (secondary N) is 1. The highest BCUT2D eigenvalue weighted by atomic mass is 16.1. The van der Waals surface area contributed by atoms with Crippen molar-refractivity contribution < 1.29 is 4.79 Å². The lowest BCUT2D eigenvalue weighted by Gasteiger charge is -2.11. The lowest BCUT2D eigenvalue weighted by molar-refractivity contribution is -0.112. The van der Waals surface area contributed by atoms with Gasteiger partial charge in [0, 0.05) is 5.69 Å². The van der Waals surface area contributed by atoms with E-state index in [-0.39, 0.29) is 5.57 Å². The van der Waals surface area contributed by atoms with Crippen LogP contribution in [0.25, 0.3) is 17.2 Å². The first-order chi connectivity index (χ1) is 13.1. The molecule has 27 heavy (non-hydrogen) atoms. The molecular weight excluding hydrogens is 332 g/mol. The molecule has 0 aliphatic heterocycles. The largest absolute Gasteiger partial charge is 0.321 e. The number of nitriles is 1. The maximum atomic E-state index is 12.5. The predicted molar refractivity (Wildman–Crippen MR) is 110 cm³/mol. The third kappa shape index (κ3) is 4.31. The predicted octanol–water partition coefficient (Wildman–Crippen LogP) is 5.52. The second kappa shape index (κ2) is 8.16. The van der Waals surface area contributed by atoms with Crippen LogP contribution in [-0.2, 0) is 4.79 Å². The second-order valence-corrected chi connectivity index (χ2v) is 6.38. The Labute approximate surface area is 159 Å². The molecule has 0 unspecified atom stereocenters. The van der Waals surface area contributed by atoms with E-state index >= 15 is 0 Å². The Balaban J connectivity index is 1.82. The van der Waals surface area contributed by atoms with Crippen molar-refractivity contribution in [3.05, 3.63) is 95.1 Å². The van der Waals surface area contributed by atoms with Crippen LogP contribution in [0, 0.1) is 25.2 Å². The highest BCUT2D eigenvalue weighted by molar-refractivity contribution is 6.10. The summed E-state index contributed by atoms with van der Waals surface area (Å²) in [7, 11) is 0. The van der Waals surface area contributed by atoms with Crippen molar-refractivity contribution in [2.24, 2.45) is 0 Å². The maximum absolute atomic E-state index is 12.5. The third-order valence-electron chi connectivity index (χ3n) is 4.41. The van der Waals surface area contributed by atoms with Gasteiger partial charge in [0.15, 0.2) is 0 Å². The highest BCUT2D eigenvalue weighted by Crippen LogP contribution is 2.22. The van der Waals surface area contributed by atoms with Gasteiger partial charge in [-0.15, -0.1) is 0 Å². The monoisotopic (exact) mass is 352 g/mol. The van der Waals surface area contributed by atoms with E-state index in [4.69, 9.17) is 0 Å². The number of benzene rings is 3. The van der Waals surface area contributed by atoms with Crippen LogP contribution >= 0.6 is 0 Å². The topological polar surface area (TPSA) is 52.9 Å². The van der Waals surface area contributed by atoms with E-state index in [1.165, 1.54) is 0 Å². The first-order valence-corrected chi connectivity index (χ1v) is 8.73. The number of para-hydroxylation sites is 1. The molecule has 0 saturated carbocycles. The zero-order valence-electron chi connectivity index (χ0n) is 15.4. The molecule has 3 nitrogen and oxygen atoms in total. The van der Waals surface area contributed by atoms with E-state index in [2.05, 4.69) is 5.32 Å². The molecule has 0 spiro atoms. The summed E-state index contributed by atoms with van der Waals surface area (Å²) >= 11 is 0. The molecule has 132 valence electrons. The number of carbonyl (C=O) groups excluding carboxylic acids is 1. The van der Waals surface area contributed by atoms with Crippen molar-refractivity contribution in [3.8, 4) is 17.2 Å². The van der Waals surface area contributed by atoms with Gasteiger partial charge in [-0.3, -0.25) is 4.79 Å². The van der Waals surface area contributed by atoms with E-state index in [0.29, 0.717) is 0 Å². The summed E-state index contributed by atoms with van der Waals surface area (Å²) in [6.45, 7) is 3.86. The van der Waals surface area contributed by atoms with Crippen LogP contribution in [-0.4, -0.2) is 5.91 Å². The Morgan fingerprint density at radius 1 is 0.852 bits per heavy atom. The number of amides is 1. The molecule has 3 heteroatoms. The van der Waals surface area contributed by atoms with Gasteiger partial charge in [0.25, 0.3) is 5.91 Å². The van der Waals surface area contributed by atoms with Crippen LogP contribution in [0.3, 0.4) is 0 Å². The number of hydrogen-bond acceptors (Lipinski definition) is 2. The fourth-order valence-corrected chi connectivity index (χ4v) is 2.91. The molecule has 3 rings (SSSR count). The van der Waals surface area contributed by atoms with E-state index < -0.39 is 5.91 Å². The van der Waals surface area contributed by atoms with Crippen LogP contribution in [0.2, 0.25) is 0 Å². The molecule has 0 saturated heterocycles. The van der Waals surface area contributed by atoms with Gasteiger partial charge in [-0.05, 0) is 47.7 Å². The fraction of sp³-hybridized carbons (Fsp3) is 0.0833. The molecule has 1 amide bonds. The summed E-state index contributed by atoms with van der Waals surface area (Å²) in [5.74, 6) is -0.401. The van der Waals surface area contributed by atoms with Crippen molar-refractivity contribution in [1.82, 2.24) is 0 Å². The Bertz CT molecular complexity index is 1010. The average Bonchev–Trinajstić information content (AvgIpc) is 2.70. The van der Waals surface area contributed by atoms with Crippen LogP contribution in [0.4, 0.5) is 5.69 Å². The summed E-state index contributed by atoms with van der Waals surface area (Å²) in [6.07, 6.45) is 1.61. The SMILES string of the molecule is Cc1cccc(C)c1NC(=O)/C(C#N)=C/c1ccc(-c2ccccc2)cc1. The van der Waals surface area contributed by atoms with Crippen molar-refractivity contribution in [2.75, 3.05) is 5.32 Å². The number of nitrogens with zero attached hydrogens (tertiary/aromatic N) is 1. The quantitative estimate of drug-likeness (QED) is 0.497. The van der Waals surface area contributed by atoms with Crippen molar-refractivity contribution in [1.29, 1.82) is 5.26 Å². The molecule has 3 aromatic rings. The van der Waals surface area contributed by atoms with E-state index in [0.717, 1.165) is 33.5 Å². The molecule has 0 atom stereocenters. The molecule has 0 fully saturated rings. The molecule has 0 aliphatic rings. The van der Waals surface area contributed by atoms with Gasteiger partial charge in [0.2, 0.25) is 0 Å². The first-order valence-electron chi connectivity index (χ1n) is 8.73. The highest BCUT2D eigenvalue weighted by Gasteiger charge is 2.12. The van der Waals surface area contributed by atoms with Gasteiger partial charge in [0.05, 0.1) is 0 Å². The molecule has 1 N–H and O–H groups in total. The summed E-state index contributed by atoms with van der Waals surface area (Å²) in [4.78, 5) is 12.5. The number of hydrogen-bond donors (Lipinski definition) is 1. The fourth-order valence-electron chi connectivity index (χ4n) is 2.91. The van der Waals surface area contributed by atoms with Gasteiger partial charge in [-0.1, -0.05) is 72.8 Å². The standard InChI is InChI=1S/C24H20N2O/c1-17-7-6-8-18(2)23(17)26-24(27)22(16-25)15-19-11-13-21(14-12-19)20-9-4-3-5-10-20/h3-15H,1-2H3,(H,26,27)/b22-15+. The normalized spacial score (nSPS) is 10.9. The molecule has 0 heterocycles. The summed E-state index contributed by atoms with van der Waals surface area (Å²) in [5, 5.41) is 12.3. The third-order valence-corrected chi connectivity index (χ3v) is 4.41. The summed E-state index contributed by atoms with van der Waals surface area (Å²) in [5.41, 5.74) is 5.78. The zero-order chi connectivity index (χ0) is 19.2. The number of anilines is 1. The molecule has 0 radical (unpaired) electrons. The van der Waals surface area contributed by atoms with E-state index in [9.17, 15) is 10.1 Å². The maximum Gasteiger partial charge on any atom is 0.266 e. The van der Waals surface area contributed by atoms with Crippen LogP contribution in [0.15, 0.2) is 78.4 Å². The Kier molecular flexibility index (Phi) is 5.49. The summed E-state index contributed by atoms with van der Waals surface area (Å²) < 4.78 is 0. The molecular formula is C24H20N2O. The Hall–Kier alpha value is -3.64. The molecule has 3 aromatic carbocycles. The number of rotatable bonds is 4. The number of carbonyl (C=O) groups is 1. The minimum absolute atomic E-state index is 0.0742. The van der Waals surface area contributed by atoms with Crippen LogP contribution in [0.5, 0.6) is 0 Å². The second-order valence-electron chi connectivity index (χ2n) is 6.38. The van der Waals surface area contributed by atoms with Gasteiger partial charge in [0.1, 0.15) is 11.6 Å². The molecule has 0 aliphatic carbocycles. The Morgan fingerprint density at radius 3 is 2.04 bits per heavy atom. The number of aryl methyl sites for hydroxylation is 2. The Morgan fingerprint density at radius 2 is 1.44 bits per heavy atom. The minimum atomic E-state index is -0.401. The molecule has 0 aromatic heterocycles.